The molecule has 2 aliphatic rings. The van der Waals surface area contributed by atoms with Crippen LogP contribution in [-0.2, 0) is 4.79 Å². The number of likely N-dealkylation sites (N-methyl/N-ethyl adjacent to an activating group) is 1. The molecule has 0 bridgehead atoms. The van der Waals surface area contributed by atoms with E-state index in [-0.39, 0.29) is 35.5 Å². The van der Waals surface area contributed by atoms with Crippen LogP contribution in [0.25, 0.3) is 0 Å². The lowest BCUT2D eigenvalue weighted by Gasteiger charge is -2.24. The Hall–Kier alpha value is -2.73. The molecular weight excluding hydrogens is 403 g/mol. The minimum Gasteiger partial charge on any atom is -0.399 e. The van der Waals surface area contributed by atoms with Crippen LogP contribution in [0, 0.1) is 0 Å². The first kappa shape index (κ1) is 23.5. The summed E-state index contributed by atoms with van der Waals surface area (Å²) in [4.78, 5) is 13.6. The molecular formula is C23H30ClFN4O. The molecule has 5 nitrogen and oxygen atoms in total. The number of hydrogen-bond donors (Lipinski definition) is 3. The van der Waals surface area contributed by atoms with Gasteiger partial charge >= 0.3 is 0 Å². The highest BCUT2D eigenvalue weighted by Gasteiger charge is 2.31. The largest absolute Gasteiger partial charge is 0.399 e. The second kappa shape index (κ2) is 10.3. The smallest absolute Gasteiger partial charge is 0.222 e. The number of hydrogen-bond acceptors (Lipinski definition) is 4. The van der Waals surface area contributed by atoms with E-state index < -0.39 is 0 Å². The quantitative estimate of drug-likeness (QED) is 0.521. The summed E-state index contributed by atoms with van der Waals surface area (Å²) in [5, 5.41) is 3.82. The summed E-state index contributed by atoms with van der Waals surface area (Å²) in [6.45, 7) is 7.68. The average Bonchev–Trinajstić information content (AvgIpc) is 3.01. The van der Waals surface area contributed by atoms with Crippen molar-refractivity contribution >= 4 is 17.5 Å². The zero-order valence-electron chi connectivity index (χ0n) is 17.8. The van der Waals surface area contributed by atoms with Crippen LogP contribution in [0.5, 0.6) is 0 Å². The van der Waals surface area contributed by atoms with E-state index >= 15 is 0 Å². The average molecular weight is 433 g/mol. The molecule has 0 spiro atoms. The lowest BCUT2D eigenvalue weighted by atomic mass is 10.0. The maximum Gasteiger partial charge on any atom is 0.222 e. The van der Waals surface area contributed by atoms with Gasteiger partial charge in [0, 0.05) is 41.9 Å². The summed E-state index contributed by atoms with van der Waals surface area (Å²) in [5.74, 6) is -0.286. The normalized spacial score (nSPS) is 21.4. The maximum atomic E-state index is 14.4. The molecule has 7 heteroatoms. The van der Waals surface area contributed by atoms with Crippen molar-refractivity contribution in [2.75, 3.05) is 7.05 Å². The topological polar surface area (TPSA) is 84.4 Å². The minimum atomic E-state index is -0.314. The second-order valence-corrected chi connectivity index (χ2v) is 8.13. The Kier molecular flexibility index (Phi) is 8.12. The van der Waals surface area contributed by atoms with Gasteiger partial charge in [0.25, 0.3) is 0 Å². The monoisotopic (exact) mass is 432 g/mol. The van der Waals surface area contributed by atoms with E-state index in [0.29, 0.717) is 35.7 Å². The molecule has 0 radical (unpaired) electrons. The molecule has 0 aromatic rings. The molecule has 1 amide bonds. The standard InChI is InChI=1S/C23H30ClFN4O/c1-5-6-16(11-14(2)3)28-20(23(27)21-9-10-22(30)29(21)4)13-19(26)17-12-15(24)7-8-18(17)25/h5-6,11-13,21,28H,1,7-10,26-27H2,2-4H3/b16-6+,19-13-,23-20+. The highest BCUT2D eigenvalue weighted by Crippen LogP contribution is 2.30. The number of nitrogens with zero attached hydrogens (tertiary/aromatic N) is 1. The Morgan fingerprint density at radius 3 is 2.57 bits per heavy atom. The van der Waals surface area contributed by atoms with Crippen LogP contribution < -0.4 is 16.8 Å². The highest BCUT2D eigenvalue weighted by atomic mass is 35.5. The van der Waals surface area contributed by atoms with Gasteiger partial charge < -0.3 is 21.7 Å². The van der Waals surface area contributed by atoms with Crippen molar-refractivity contribution in [3.05, 3.63) is 81.8 Å². The van der Waals surface area contributed by atoms with Crippen LogP contribution in [0.4, 0.5) is 4.39 Å². The number of amides is 1. The van der Waals surface area contributed by atoms with E-state index in [1.54, 1.807) is 36.3 Å². The van der Waals surface area contributed by atoms with Gasteiger partial charge in [-0.2, -0.15) is 0 Å². The lowest BCUT2D eigenvalue weighted by Crippen LogP contribution is -2.35. The zero-order valence-corrected chi connectivity index (χ0v) is 18.5. The first-order valence-electron chi connectivity index (χ1n) is 9.86. The molecule has 1 atom stereocenters. The molecule has 1 saturated heterocycles. The third-order valence-electron chi connectivity index (χ3n) is 4.97. The summed E-state index contributed by atoms with van der Waals surface area (Å²) in [6.07, 6.45) is 10.2. The molecule has 162 valence electrons. The Labute approximate surface area is 183 Å². The van der Waals surface area contributed by atoms with E-state index in [2.05, 4.69) is 11.9 Å². The predicted molar refractivity (Wildman–Crippen MR) is 121 cm³/mol. The van der Waals surface area contributed by atoms with Crippen molar-refractivity contribution in [1.82, 2.24) is 10.2 Å². The van der Waals surface area contributed by atoms with Crippen molar-refractivity contribution in [2.24, 2.45) is 11.5 Å². The summed E-state index contributed by atoms with van der Waals surface area (Å²) in [5.41, 5.74) is 16.0. The van der Waals surface area contributed by atoms with Gasteiger partial charge in [0.05, 0.1) is 17.4 Å². The van der Waals surface area contributed by atoms with Gasteiger partial charge in [0.2, 0.25) is 5.91 Å². The zero-order chi connectivity index (χ0) is 22.4. The Morgan fingerprint density at radius 1 is 1.30 bits per heavy atom. The van der Waals surface area contributed by atoms with Gasteiger partial charge in [-0.05, 0) is 51.0 Å². The summed E-state index contributed by atoms with van der Waals surface area (Å²) in [7, 11) is 1.72. The number of nitrogens with two attached hydrogens (primary N) is 2. The lowest BCUT2D eigenvalue weighted by molar-refractivity contribution is -0.127. The fourth-order valence-electron chi connectivity index (χ4n) is 3.40. The number of halogens is 2. The van der Waals surface area contributed by atoms with Gasteiger partial charge in [-0.3, -0.25) is 4.79 Å². The summed E-state index contributed by atoms with van der Waals surface area (Å²) < 4.78 is 14.4. The molecule has 2 rings (SSSR count). The van der Waals surface area contributed by atoms with Crippen molar-refractivity contribution < 1.29 is 9.18 Å². The third kappa shape index (κ3) is 5.89. The van der Waals surface area contributed by atoms with Crippen molar-refractivity contribution in [1.29, 1.82) is 0 Å². The van der Waals surface area contributed by atoms with Gasteiger partial charge in [-0.1, -0.05) is 29.8 Å². The number of carbonyl (C=O) groups is 1. The van der Waals surface area contributed by atoms with Gasteiger partial charge in [-0.25, -0.2) is 4.39 Å². The molecule has 1 unspecified atom stereocenters. The van der Waals surface area contributed by atoms with Gasteiger partial charge in [-0.15, -0.1) is 0 Å². The summed E-state index contributed by atoms with van der Waals surface area (Å²) in [6, 6.07) is -0.273. The van der Waals surface area contributed by atoms with E-state index in [1.165, 1.54) is 0 Å². The van der Waals surface area contributed by atoms with E-state index in [4.69, 9.17) is 23.1 Å². The number of rotatable bonds is 7. The number of carbonyl (C=O) groups excluding carboxylic acids is 1. The minimum absolute atomic E-state index is 0.0288. The predicted octanol–water partition coefficient (Wildman–Crippen LogP) is 4.39. The summed E-state index contributed by atoms with van der Waals surface area (Å²) >= 11 is 6.09. The Morgan fingerprint density at radius 2 is 2.00 bits per heavy atom. The van der Waals surface area contributed by atoms with Gasteiger partial charge in [0.1, 0.15) is 5.83 Å². The number of allylic oxidation sites excluding steroid dienone is 8. The van der Waals surface area contributed by atoms with E-state index in [0.717, 1.165) is 11.3 Å². The molecule has 0 aromatic heterocycles. The number of nitrogens with one attached hydrogen (secondary N) is 1. The second-order valence-electron chi connectivity index (χ2n) is 7.64. The number of likely N-dealkylation sites (tertiary alicyclic amines) is 1. The third-order valence-corrected chi connectivity index (χ3v) is 5.27. The molecule has 1 heterocycles. The molecule has 1 fully saturated rings. The van der Waals surface area contributed by atoms with Crippen LogP contribution in [-0.4, -0.2) is 23.9 Å². The first-order valence-corrected chi connectivity index (χ1v) is 10.2. The fourth-order valence-corrected chi connectivity index (χ4v) is 3.61. The van der Waals surface area contributed by atoms with Gasteiger partial charge in [0.15, 0.2) is 0 Å². The van der Waals surface area contributed by atoms with E-state index in [1.807, 2.05) is 19.9 Å². The molecule has 1 aliphatic heterocycles. The van der Waals surface area contributed by atoms with Crippen molar-refractivity contribution in [3.8, 4) is 0 Å². The Bertz CT molecular complexity index is 904. The van der Waals surface area contributed by atoms with E-state index in [9.17, 15) is 9.18 Å². The molecule has 0 aromatic carbocycles. The maximum absolute atomic E-state index is 14.4. The first-order chi connectivity index (χ1) is 14.1. The fraction of sp³-hybridized carbons (Fsp3) is 0.348. The highest BCUT2D eigenvalue weighted by molar-refractivity contribution is 6.29. The molecule has 5 N–H and O–H groups in total. The van der Waals surface area contributed by atoms with Crippen LogP contribution in [0.2, 0.25) is 0 Å². The SMILES string of the molecule is C=C/C=C(\C=C(C)C)NC(/C=C(\N)C1=C(F)CCC(Cl)=C1)=C(/N)C1CCC(=O)N1C. The molecule has 1 aliphatic carbocycles. The van der Waals surface area contributed by atoms with Crippen LogP contribution >= 0.6 is 11.6 Å². The van der Waals surface area contributed by atoms with Crippen LogP contribution in [0.3, 0.4) is 0 Å². The van der Waals surface area contributed by atoms with Crippen LogP contribution in [0.1, 0.15) is 39.5 Å². The van der Waals surface area contributed by atoms with Crippen molar-refractivity contribution in [3.63, 3.8) is 0 Å². The van der Waals surface area contributed by atoms with Crippen LogP contribution in [0.15, 0.2) is 81.8 Å². The van der Waals surface area contributed by atoms with Crippen molar-refractivity contribution in [2.45, 2.75) is 45.6 Å². The molecule has 30 heavy (non-hydrogen) atoms. The molecule has 0 saturated carbocycles. The Balaban J connectivity index is 2.54.